The summed E-state index contributed by atoms with van der Waals surface area (Å²) in [5, 5.41) is 16.6. The Morgan fingerprint density at radius 1 is 0.882 bits per heavy atom. The van der Waals surface area contributed by atoms with E-state index in [0.29, 0.717) is 0 Å². The lowest BCUT2D eigenvalue weighted by Crippen LogP contribution is -2.56. The van der Waals surface area contributed by atoms with Crippen LogP contribution in [0.2, 0.25) is 0 Å². The Bertz CT molecular complexity index is 861. The second-order valence-corrected chi connectivity index (χ2v) is 8.62. The van der Waals surface area contributed by atoms with Crippen molar-refractivity contribution in [3.63, 3.8) is 0 Å². The average Bonchev–Trinajstić information content (AvgIpc) is 2.75. The maximum atomic E-state index is 12.8. The van der Waals surface area contributed by atoms with Crippen LogP contribution >= 0.6 is 0 Å². The fraction of sp³-hybridized carbons (Fsp3) is 0.522. The molecule has 11 nitrogen and oxygen atoms in total. The second kappa shape index (κ2) is 13.9. The van der Waals surface area contributed by atoms with E-state index >= 15 is 0 Å². The van der Waals surface area contributed by atoms with Crippen LogP contribution < -0.4 is 27.4 Å². The summed E-state index contributed by atoms with van der Waals surface area (Å²) in [6.07, 6.45) is 0.188. The monoisotopic (exact) mass is 477 g/mol. The van der Waals surface area contributed by atoms with Crippen LogP contribution in [0.5, 0.6) is 0 Å². The van der Waals surface area contributed by atoms with Gasteiger partial charge in [0.2, 0.25) is 23.6 Å². The van der Waals surface area contributed by atoms with Gasteiger partial charge in [-0.15, -0.1) is 0 Å². The van der Waals surface area contributed by atoms with Gasteiger partial charge in [-0.2, -0.15) is 0 Å². The van der Waals surface area contributed by atoms with Crippen LogP contribution in [-0.4, -0.2) is 58.9 Å². The Hall–Kier alpha value is -3.47. The average molecular weight is 478 g/mol. The summed E-state index contributed by atoms with van der Waals surface area (Å²) in [6.45, 7) is 5.03. The molecule has 0 heterocycles. The van der Waals surface area contributed by atoms with Crippen LogP contribution in [0.25, 0.3) is 0 Å². The third-order valence-electron chi connectivity index (χ3n) is 5.02. The standard InChI is InChI=1S/C23H35N5O6/c1-13(2)11-18(23(33)34)28-20(30)14(3)26-22(32)17(9-10-19(25)29)27-21(31)16(24)12-15-7-5-4-6-8-15/h4-8,13-14,16-18H,9-12,24H2,1-3H3,(H2,25,29)(H,26,32)(H,27,31)(H,28,30)(H,33,34). The van der Waals surface area contributed by atoms with E-state index in [4.69, 9.17) is 11.5 Å². The Balaban J connectivity index is 2.80. The lowest BCUT2D eigenvalue weighted by atomic mass is 10.0. The number of carbonyl (C=O) groups excluding carboxylic acids is 4. The normalized spacial score (nSPS) is 14.4. The molecule has 0 radical (unpaired) electrons. The number of nitrogens with two attached hydrogens (primary N) is 2. The van der Waals surface area contributed by atoms with Crippen molar-refractivity contribution in [2.24, 2.45) is 17.4 Å². The first-order chi connectivity index (χ1) is 15.9. The minimum atomic E-state index is -1.18. The third-order valence-corrected chi connectivity index (χ3v) is 5.02. The number of carboxylic acids is 1. The topological polar surface area (TPSA) is 194 Å². The molecule has 0 aromatic heterocycles. The van der Waals surface area contributed by atoms with Gasteiger partial charge in [0, 0.05) is 6.42 Å². The molecule has 4 atom stereocenters. The predicted octanol–water partition coefficient (Wildman–Crippen LogP) is -0.573. The molecule has 4 unspecified atom stereocenters. The second-order valence-electron chi connectivity index (χ2n) is 8.62. The third kappa shape index (κ3) is 10.4. The highest BCUT2D eigenvalue weighted by atomic mass is 16.4. The first kappa shape index (κ1) is 28.6. The summed E-state index contributed by atoms with van der Waals surface area (Å²) in [6, 6.07) is 4.78. The summed E-state index contributed by atoms with van der Waals surface area (Å²) in [4.78, 5) is 60.4. The van der Waals surface area contributed by atoms with E-state index in [1.807, 2.05) is 44.2 Å². The molecule has 0 saturated carbocycles. The Labute approximate surface area is 199 Å². The molecule has 0 saturated heterocycles. The number of hydrogen-bond donors (Lipinski definition) is 6. The van der Waals surface area contributed by atoms with Gasteiger partial charge < -0.3 is 32.5 Å². The number of rotatable bonds is 14. The SMILES string of the molecule is CC(C)CC(NC(=O)C(C)NC(=O)C(CCC(N)=O)NC(=O)C(N)Cc1ccccc1)C(=O)O. The Morgan fingerprint density at radius 3 is 2.00 bits per heavy atom. The van der Waals surface area contributed by atoms with Crippen molar-refractivity contribution >= 4 is 29.6 Å². The summed E-state index contributed by atoms with van der Waals surface area (Å²) in [5.74, 6) is -3.83. The van der Waals surface area contributed by atoms with Gasteiger partial charge in [-0.3, -0.25) is 19.2 Å². The minimum absolute atomic E-state index is 0.0276. The van der Waals surface area contributed by atoms with Crippen LogP contribution in [0.15, 0.2) is 30.3 Å². The number of hydrogen-bond acceptors (Lipinski definition) is 6. The first-order valence-corrected chi connectivity index (χ1v) is 11.1. The maximum absolute atomic E-state index is 12.8. The van der Waals surface area contributed by atoms with Gasteiger partial charge in [0.15, 0.2) is 0 Å². The zero-order valence-electron chi connectivity index (χ0n) is 19.7. The number of benzene rings is 1. The largest absolute Gasteiger partial charge is 0.480 e. The van der Waals surface area contributed by atoms with Gasteiger partial charge in [-0.05, 0) is 37.7 Å². The molecular weight excluding hydrogens is 442 g/mol. The maximum Gasteiger partial charge on any atom is 0.326 e. The first-order valence-electron chi connectivity index (χ1n) is 11.1. The molecule has 4 amide bonds. The van der Waals surface area contributed by atoms with E-state index < -0.39 is 53.8 Å². The smallest absolute Gasteiger partial charge is 0.326 e. The van der Waals surface area contributed by atoms with Crippen molar-refractivity contribution in [1.29, 1.82) is 0 Å². The molecule has 0 aliphatic carbocycles. The molecule has 1 aromatic rings. The van der Waals surface area contributed by atoms with Crippen LogP contribution in [0.1, 0.15) is 45.6 Å². The van der Waals surface area contributed by atoms with Gasteiger partial charge in [0.05, 0.1) is 6.04 Å². The lowest BCUT2D eigenvalue weighted by Gasteiger charge is -2.23. The fourth-order valence-electron chi connectivity index (χ4n) is 3.16. The minimum Gasteiger partial charge on any atom is -0.480 e. The molecule has 8 N–H and O–H groups in total. The molecule has 0 spiro atoms. The molecule has 0 aliphatic rings. The van der Waals surface area contributed by atoms with E-state index in [9.17, 15) is 29.1 Å². The van der Waals surface area contributed by atoms with Crippen molar-refractivity contribution in [2.45, 2.75) is 70.6 Å². The molecule has 0 fully saturated rings. The van der Waals surface area contributed by atoms with Gasteiger partial charge in [0.1, 0.15) is 18.1 Å². The van der Waals surface area contributed by atoms with Crippen molar-refractivity contribution < 1.29 is 29.1 Å². The molecular formula is C23H35N5O6. The summed E-state index contributed by atoms with van der Waals surface area (Å²) in [5.41, 5.74) is 12.0. The lowest BCUT2D eigenvalue weighted by molar-refractivity contribution is -0.142. The Morgan fingerprint density at radius 2 is 1.47 bits per heavy atom. The van der Waals surface area contributed by atoms with Gasteiger partial charge in [-0.25, -0.2) is 4.79 Å². The Kier molecular flexibility index (Phi) is 11.7. The molecule has 0 aliphatic heterocycles. The van der Waals surface area contributed by atoms with Crippen LogP contribution in [0.3, 0.4) is 0 Å². The van der Waals surface area contributed by atoms with Gasteiger partial charge in [0.25, 0.3) is 0 Å². The molecule has 0 bridgehead atoms. The molecule has 34 heavy (non-hydrogen) atoms. The number of carbonyl (C=O) groups is 5. The number of amides is 4. The highest BCUT2D eigenvalue weighted by Gasteiger charge is 2.28. The number of carboxylic acid groups (broad SMARTS) is 1. The highest BCUT2D eigenvalue weighted by molar-refractivity contribution is 5.94. The molecule has 1 aromatic carbocycles. The zero-order valence-corrected chi connectivity index (χ0v) is 19.7. The zero-order chi connectivity index (χ0) is 25.8. The van der Waals surface area contributed by atoms with E-state index in [1.165, 1.54) is 6.92 Å². The highest BCUT2D eigenvalue weighted by Crippen LogP contribution is 2.06. The molecule has 11 heteroatoms. The summed E-state index contributed by atoms with van der Waals surface area (Å²) < 4.78 is 0. The number of nitrogens with one attached hydrogen (secondary N) is 3. The summed E-state index contributed by atoms with van der Waals surface area (Å²) in [7, 11) is 0. The van der Waals surface area contributed by atoms with Crippen molar-refractivity contribution in [3.8, 4) is 0 Å². The quantitative estimate of drug-likeness (QED) is 0.206. The number of aliphatic carboxylic acids is 1. The summed E-state index contributed by atoms with van der Waals surface area (Å²) >= 11 is 0. The van der Waals surface area contributed by atoms with Crippen LogP contribution in [0.4, 0.5) is 0 Å². The van der Waals surface area contributed by atoms with E-state index in [0.717, 1.165) is 5.56 Å². The molecule has 188 valence electrons. The van der Waals surface area contributed by atoms with Crippen molar-refractivity contribution in [1.82, 2.24) is 16.0 Å². The van der Waals surface area contributed by atoms with Gasteiger partial charge >= 0.3 is 5.97 Å². The predicted molar refractivity (Wildman–Crippen MR) is 125 cm³/mol. The fourth-order valence-corrected chi connectivity index (χ4v) is 3.16. The van der Waals surface area contributed by atoms with E-state index in [-0.39, 0.29) is 31.6 Å². The van der Waals surface area contributed by atoms with E-state index in [1.54, 1.807) is 0 Å². The number of primary amides is 1. The van der Waals surface area contributed by atoms with Gasteiger partial charge in [-0.1, -0.05) is 44.2 Å². The van der Waals surface area contributed by atoms with Crippen molar-refractivity contribution in [2.75, 3.05) is 0 Å². The van der Waals surface area contributed by atoms with E-state index in [2.05, 4.69) is 16.0 Å². The van der Waals surface area contributed by atoms with Crippen LogP contribution in [0, 0.1) is 5.92 Å². The van der Waals surface area contributed by atoms with Crippen LogP contribution in [-0.2, 0) is 30.4 Å². The molecule has 1 rings (SSSR count). The van der Waals surface area contributed by atoms with Crippen molar-refractivity contribution in [3.05, 3.63) is 35.9 Å².